The number of ether oxygens (including phenoxy) is 1. The summed E-state index contributed by atoms with van der Waals surface area (Å²) < 4.78 is 5.05. The zero-order valence-electron chi connectivity index (χ0n) is 6.73. The van der Waals surface area contributed by atoms with E-state index < -0.39 is 5.97 Å². The minimum Gasteiger partial charge on any atom is -0.480 e. The highest BCUT2D eigenvalue weighted by molar-refractivity contribution is 5.85. The lowest BCUT2D eigenvalue weighted by Gasteiger charge is -2.14. The fourth-order valence-electron chi connectivity index (χ4n) is 1.34. The van der Waals surface area contributed by atoms with Crippen LogP contribution in [0.5, 0.6) is 0 Å². The zero-order chi connectivity index (χ0) is 8.27. The number of rotatable bonds is 3. The van der Waals surface area contributed by atoms with Gasteiger partial charge in [0, 0.05) is 6.04 Å². The highest BCUT2D eigenvalue weighted by atomic mass is 35.5. The normalized spacial score (nSPS) is 28.1. The lowest BCUT2D eigenvalue weighted by atomic mass is 10.2. The maximum absolute atomic E-state index is 10.1. The predicted octanol–water partition coefficient (Wildman–Crippen LogP) is 0.389. The van der Waals surface area contributed by atoms with E-state index in [9.17, 15) is 4.79 Å². The molecule has 4 nitrogen and oxygen atoms in total. The summed E-state index contributed by atoms with van der Waals surface area (Å²) in [5.74, 6) is -0.927. The standard InChI is InChI=1S/C7H13NO3.ClH/c8-5-2-1-3-6(5)11-4-7(9)10;/h5-6H,1-4,8H2,(H,9,10);1H/t5-,6-;/m0./s1. The number of carboxylic acid groups (broad SMARTS) is 1. The summed E-state index contributed by atoms with van der Waals surface area (Å²) in [4.78, 5) is 10.1. The van der Waals surface area contributed by atoms with Crippen LogP contribution in [0.25, 0.3) is 0 Å². The molecule has 1 aliphatic rings. The van der Waals surface area contributed by atoms with Gasteiger partial charge >= 0.3 is 5.97 Å². The lowest BCUT2D eigenvalue weighted by Crippen LogP contribution is -2.32. The second-order valence-corrected chi connectivity index (χ2v) is 2.84. The van der Waals surface area contributed by atoms with Crippen LogP contribution in [0, 0.1) is 0 Å². The molecule has 1 saturated carbocycles. The van der Waals surface area contributed by atoms with E-state index in [0.717, 1.165) is 19.3 Å². The fourth-order valence-corrected chi connectivity index (χ4v) is 1.34. The molecule has 0 aliphatic heterocycles. The van der Waals surface area contributed by atoms with Crippen molar-refractivity contribution in [3.8, 4) is 0 Å². The molecule has 3 N–H and O–H groups in total. The van der Waals surface area contributed by atoms with Crippen molar-refractivity contribution in [3.63, 3.8) is 0 Å². The fraction of sp³-hybridized carbons (Fsp3) is 0.857. The quantitative estimate of drug-likeness (QED) is 0.684. The Bertz CT molecular complexity index is 154. The minimum absolute atomic E-state index is 0. The zero-order valence-corrected chi connectivity index (χ0v) is 7.55. The molecule has 0 aromatic carbocycles. The molecule has 0 amide bonds. The Kier molecular flexibility index (Phi) is 5.20. The molecule has 0 spiro atoms. The van der Waals surface area contributed by atoms with Gasteiger partial charge in [-0.15, -0.1) is 12.4 Å². The van der Waals surface area contributed by atoms with Crippen LogP contribution in [0.15, 0.2) is 0 Å². The van der Waals surface area contributed by atoms with Gasteiger partial charge in [-0.3, -0.25) is 0 Å². The molecule has 0 aromatic heterocycles. The van der Waals surface area contributed by atoms with Gasteiger partial charge in [0.15, 0.2) is 0 Å². The van der Waals surface area contributed by atoms with Gasteiger partial charge < -0.3 is 15.6 Å². The smallest absolute Gasteiger partial charge is 0.329 e. The molecule has 72 valence electrons. The molecular formula is C7H14ClNO3. The van der Waals surface area contributed by atoms with Crippen LogP contribution in [0.3, 0.4) is 0 Å². The number of hydrogen-bond donors (Lipinski definition) is 2. The molecule has 0 aromatic rings. The molecule has 5 heteroatoms. The SMILES string of the molecule is Cl.N[C@H]1CCC[C@@H]1OCC(=O)O. The van der Waals surface area contributed by atoms with Gasteiger partial charge in [0.2, 0.25) is 0 Å². The number of carbonyl (C=O) groups is 1. The summed E-state index contributed by atoms with van der Waals surface area (Å²) in [6.07, 6.45) is 2.86. The van der Waals surface area contributed by atoms with Gasteiger partial charge in [-0.2, -0.15) is 0 Å². The summed E-state index contributed by atoms with van der Waals surface area (Å²) in [5, 5.41) is 8.29. The van der Waals surface area contributed by atoms with Crippen molar-refractivity contribution >= 4 is 18.4 Å². The van der Waals surface area contributed by atoms with Gasteiger partial charge in [0.1, 0.15) is 6.61 Å². The summed E-state index contributed by atoms with van der Waals surface area (Å²) in [7, 11) is 0. The molecular weight excluding hydrogens is 182 g/mol. The van der Waals surface area contributed by atoms with Crippen molar-refractivity contribution in [2.75, 3.05) is 6.61 Å². The van der Waals surface area contributed by atoms with Crippen LogP contribution < -0.4 is 5.73 Å². The molecule has 12 heavy (non-hydrogen) atoms. The Labute approximate surface area is 77.5 Å². The number of aliphatic carboxylic acids is 1. The Balaban J connectivity index is 0.00000121. The maximum Gasteiger partial charge on any atom is 0.329 e. The second kappa shape index (κ2) is 5.35. The molecule has 0 saturated heterocycles. The Morgan fingerprint density at radius 3 is 2.67 bits per heavy atom. The second-order valence-electron chi connectivity index (χ2n) is 2.84. The van der Waals surface area contributed by atoms with Gasteiger partial charge in [-0.05, 0) is 19.3 Å². The van der Waals surface area contributed by atoms with E-state index in [1.54, 1.807) is 0 Å². The number of carboxylic acids is 1. The minimum atomic E-state index is -0.927. The third-order valence-corrected chi connectivity index (χ3v) is 1.92. The molecule has 0 heterocycles. The van der Waals surface area contributed by atoms with Crippen LogP contribution in [0.1, 0.15) is 19.3 Å². The van der Waals surface area contributed by atoms with Crippen molar-refractivity contribution in [2.45, 2.75) is 31.4 Å². The molecule has 0 radical (unpaired) electrons. The van der Waals surface area contributed by atoms with Crippen LogP contribution in [-0.4, -0.2) is 29.8 Å². The number of hydrogen-bond acceptors (Lipinski definition) is 3. The maximum atomic E-state index is 10.1. The van der Waals surface area contributed by atoms with Crippen LogP contribution >= 0.6 is 12.4 Å². The first kappa shape index (κ1) is 11.7. The van der Waals surface area contributed by atoms with Crippen molar-refractivity contribution in [1.29, 1.82) is 0 Å². The van der Waals surface area contributed by atoms with Crippen molar-refractivity contribution in [1.82, 2.24) is 0 Å². The summed E-state index contributed by atoms with van der Waals surface area (Å²) >= 11 is 0. The summed E-state index contributed by atoms with van der Waals surface area (Å²) in [6.45, 7) is -0.224. The first-order chi connectivity index (χ1) is 5.20. The largest absolute Gasteiger partial charge is 0.480 e. The Hall–Kier alpha value is -0.320. The van der Waals surface area contributed by atoms with Crippen molar-refractivity contribution in [2.24, 2.45) is 5.73 Å². The van der Waals surface area contributed by atoms with Crippen LogP contribution in [0.4, 0.5) is 0 Å². The van der Waals surface area contributed by atoms with E-state index in [4.69, 9.17) is 15.6 Å². The van der Waals surface area contributed by atoms with Gasteiger partial charge in [0.05, 0.1) is 6.10 Å². The third kappa shape index (κ3) is 3.38. The molecule has 1 aliphatic carbocycles. The summed E-state index contributed by atoms with van der Waals surface area (Å²) in [6, 6.07) is 0.0364. The predicted molar refractivity (Wildman–Crippen MR) is 46.5 cm³/mol. The van der Waals surface area contributed by atoms with E-state index in [1.165, 1.54) is 0 Å². The molecule has 0 bridgehead atoms. The highest BCUT2D eigenvalue weighted by Crippen LogP contribution is 2.19. The average Bonchev–Trinajstić information content (AvgIpc) is 2.31. The van der Waals surface area contributed by atoms with E-state index >= 15 is 0 Å². The Morgan fingerprint density at radius 1 is 1.58 bits per heavy atom. The monoisotopic (exact) mass is 195 g/mol. The van der Waals surface area contributed by atoms with Crippen LogP contribution in [-0.2, 0) is 9.53 Å². The topological polar surface area (TPSA) is 72.5 Å². The van der Waals surface area contributed by atoms with Crippen molar-refractivity contribution in [3.05, 3.63) is 0 Å². The highest BCUT2D eigenvalue weighted by Gasteiger charge is 2.24. The van der Waals surface area contributed by atoms with Crippen molar-refractivity contribution < 1.29 is 14.6 Å². The van der Waals surface area contributed by atoms with E-state index in [0.29, 0.717) is 0 Å². The molecule has 2 atom stereocenters. The molecule has 1 rings (SSSR count). The van der Waals surface area contributed by atoms with Gasteiger partial charge in [-0.1, -0.05) is 0 Å². The summed E-state index contributed by atoms with van der Waals surface area (Å²) in [5.41, 5.74) is 5.65. The number of nitrogens with two attached hydrogens (primary N) is 1. The molecule has 1 fully saturated rings. The number of halogens is 1. The average molecular weight is 196 g/mol. The van der Waals surface area contributed by atoms with Crippen LogP contribution in [0.2, 0.25) is 0 Å². The lowest BCUT2D eigenvalue weighted by molar-refractivity contribution is -0.144. The van der Waals surface area contributed by atoms with E-state index in [2.05, 4.69) is 0 Å². The molecule has 0 unspecified atom stereocenters. The van der Waals surface area contributed by atoms with E-state index in [1.807, 2.05) is 0 Å². The third-order valence-electron chi connectivity index (χ3n) is 1.92. The Morgan fingerprint density at radius 2 is 2.25 bits per heavy atom. The van der Waals surface area contributed by atoms with E-state index in [-0.39, 0.29) is 31.2 Å². The first-order valence-corrected chi connectivity index (χ1v) is 3.79. The van der Waals surface area contributed by atoms with Gasteiger partial charge in [0.25, 0.3) is 0 Å². The first-order valence-electron chi connectivity index (χ1n) is 3.79. The van der Waals surface area contributed by atoms with Gasteiger partial charge in [-0.25, -0.2) is 4.79 Å².